The number of halogens is 1. The van der Waals surface area contributed by atoms with Gasteiger partial charge in [-0.1, -0.05) is 41.7 Å². The molecule has 10 nitrogen and oxygen atoms in total. The molecule has 0 saturated carbocycles. The minimum absolute atomic E-state index is 0.156. The van der Waals surface area contributed by atoms with Gasteiger partial charge in [-0.3, -0.25) is 9.36 Å². The van der Waals surface area contributed by atoms with Crippen molar-refractivity contribution in [1.29, 1.82) is 0 Å². The zero-order chi connectivity index (χ0) is 33.2. The monoisotopic (exact) mass is 712 g/mol. The Labute approximate surface area is 282 Å². The van der Waals surface area contributed by atoms with Gasteiger partial charge >= 0.3 is 11.9 Å². The van der Waals surface area contributed by atoms with Crippen molar-refractivity contribution in [3.63, 3.8) is 0 Å². The van der Waals surface area contributed by atoms with Crippen LogP contribution in [0.5, 0.6) is 5.75 Å². The number of carbonyl (C=O) groups excluding carboxylic acids is 2. The fourth-order valence-corrected chi connectivity index (χ4v) is 6.99. The smallest absolute Gasteiger partial charge is 0.338 e. The number of aromatic nitrogens is 3. The van der Waals surface area contributed by atoms with Gasteiger partial charge in [-0.05, 0) is 83.9 Å². The van der Waals surface area contributed by atoms with Crippen molar-refractivity contribution in [2.24, 2.45) is 4.99 Å². The lowest BCUT2D eigenvalue weighted by atomic mass is 9.95. The van der Waals surface area contributed by atoms with E-state index in [4.69, 9.17) is 19.3 Å². The average molecular weight is 714 g/mol. The van der Waals surface area contributed by atoms with E-state index in [2.05, 4.69) is 20.9 Å². The SMILES string of the molecule is CCOC(=O)C1=C(C)N=c2sc(=Cc3cn(-c4ccccc4)nc3-c3ccc(OC)c(Br)c3)c(=O)n2C1c1ccc(C(=O)OC)cc1. The van der Waals surface area contributed by atoms with Crippen LogP contribution in [-0.2, 0) is 14.3 Å². The number of nitrogens with zero attached hydrogens (tertiary/aromatic N) is 4. The molecule has 238 valence electrons. The fourth-order valence-electron chi connectivity index (χ4n) is 5.41. The fraction of sp³-hybridized carbons (Fsp3) is 0.171. The maximum Gasteiger partial charge on any atom is 0.338 e. The largest absolute Gasteiger partial charge is 0.496 e. The van der Waals surface area contributed by atoms with E-state index in [1.54, 1.807) is 56.0 Å². The van der Waals surface area contributed by atoms with E-state index in [0.717, 1.165) is 15.7 Å². The summed E-state index contributed by atoms with van der Waals surface area (Å²) in [7, 11) is 2.91. The molecule has 0 bridgehead atoms. The van der Waals surface area contributed by atoms with E-state index in [1.807, 2.05) is 54.7 Å². The predicted octanol–water partition coefficient (Wildman–Crippen LogP) is 5.21. The molecule has 0 spiro atoms. The molecule has 5 aromatic rings. The number of benzene rings is 3. The van der Waals surface area contributed by atoms with Crippen LogP contribution in [-0.4, -0.2) is 47.1 Å². The molecule has 0 aliphatic carbocycles. The van der Waals surface area contributed by atoms with Crippen LogP contribution in [0.15, 0.2) is 105 Å². The Morgan fingerprint density at radius 1 is 1.02 bits per heavy atom. The first-order valence-corrected chi connectivity index (χ1v) is 16.2. The lowest BCUT2D eigenvalue weighted by molar-refractivity contribution is -0.139. The Morgan fingerprint density at radius 2 is 1.77 bits per heavy atom. The highest BCUT2D eigenvalue weighted by Crippen LogP contribution is 2.33. The minimum atomic E-state index is -0.830. The number of fused-ring (bicyclic) bond motifs is 1. The molecule has 0 N–H and O–H groups in total. The van der Waals surface area contributed by atoms with E-state index >= 15 is 0 Å². The molecule has 12 heteroatoms. The molecule has 3 heterocycles. The lowest BCUT2D eigenvalue weighted by Gasteiger charge is -2.24. The molecular weight excluding hydrogens is 684 g/mol. The second kappa shape index (κ2) is 13.3. The second-order valence-electron chi connectivity index (χ2n) is 10.5. The summed E-state index contributed by atoms with van der Waals surface area (Å²) in [5.74, 6) is -0.381. The van der Waals surface area contributed by atoms with E-state index < -0.39 is 18.0 Å². The maximum atomic E-state index is 14.3. The summed E-state index contributed by atoms with van der Waals surface area (Å²) < 4.78 is 20.1. The number of esters is 2. The van der Waals surface area contributed by atoms with Crippen molar-refractivity contribution in [3.05, 3.63) is 131 Å². The number of para-hydroxylation sites is 1. The highest BCUT2D eigenvalue weighted by molar-refractivity contribution is 9.10. The molecule has 0 amide bonds. The molecule has 47 heavy (non-hydrogen) atoms. The number of carbonyl (C=O) groups is 2. The minimum Gasteiger partial charge on any atom is -0.496 e. The number of rotatable bonds is 8. The topological polar surface area (TPSA) is 114 Å². The zero-order valence-electron chi connectivity index (χ0n) is 25.9. The molecule has 1 unspecified atom stereocenters. The summed E-state index contributed by atoms with van der Waals surface area (Å²) >= 11 is 4.79. The van der Waals surface area contributed by atoms with E-state index in [1.165, 1.54) is 23.0 Å². The van der Waals surface area contributed by atoms with Crippen LogP contribution < -0.4 is 19.6 Å². The van der Waals surface area contributed by atoms with Crippen molar-refractivity contribution in [2.75, 3.05) is 20.8 Å². The number of methoxy groups -OCH3 is 2. The molecule has 0 radical (unpaired) electrons. The van der Waals surface area contributed by atoms with Crippen LogP contribution >= 0.6 is 27.3 Å². The van der Waals surface area contributed by atoms with Gasteiger partial charge in [0, 0.05) is 17.3 Å². The van der Waals surface area contributed by atoms with Gasteiger partial charge in [-0.15, -0.1) is 0 Å². The van der Waals surface area contributed by atoms with Gasteiger partial charge < -0.3 is 14.2 Å². The van der Waals surface area contributed by atoms with Crippen LogP contribution in [0.3, 0.4) is 0 Å². The van der Waals surface area contributed by atoms with Crippen molar-refractivity contribution < 1.29 is 23.8 Å². The van der Waals surface area contributed by atoms with Gasteiger partial charge in [0.05, 0.1) is 58.4 Å². The Kier molecular flexibility index (Phi) is 9.06. The third kappa shape index (κ3) is 6.09. The molecule has 1 aliphatic heterocycles. The molecule has 0 fully saturated rings. The first-order chi connectivity index (χ1) is 22.7. The van der Waals surface area contributed by atoms with Gasteiger partial charge in [-0.2, -0.15) is 5.10 Å². The Hall–Kier alpha value is -5.07. The lowest BCUT2D eigenvalue weighted by Crippen LogP contribution is -2.40. The van der Waals surface area contributed by atoms with Gasteiger partial charge in [0.1, 0.15) is 11.4 Å². The van der Waals surface area contributed by atoms with Crippen LogP contribution in [0.2, 0.25) is 0 Å². The summed E-state index contributed by atoms with van der Waals surface area (Å²) in [5, 5.41) is 4.90. The molecule has 6 rings (SSSR count). The quantitative estimate of drug-likeness (QED) is 0.203. The first kappa shape index (κ1) is 31.9. The Morgan fingerprint density at radius 3 is 2.43 bits per heavy atom. The number of thiazole rings is 1. The summed E-state index contributed by atoms with van der Waals surface area (Å²) in [6.45, 7) is 3.60. The summed E-state index contributed by atoms with van der Waals surface area (Å²) in [6, 6.07) is 21.2. The van der Waals surface area contributed by atoms with Crippen LogP contribution in [0.4, 0.5) is 0 Å². The van der Waals surface area contributed by atoms with E-state index in [-0.39, 0.29) is 17.7 Å². The predicted molar refractivity (Wildman–Crippen MR) is 181 cm³/mol. The second-order valence-corrected chi connectivity index (χ2v) is 12.3. The molecule has 3 aromatic carbocycles. The highest BCUT2D eigenvalue weighted by Gasteiger charge is 2.33. The van der Waals surface area contributed by atoms with Gasteiger partial charge in [0.15, 0.2) is 4.80 Å². The molecule has 2 aromatic heterocycles. The standard InChI is InChI=1S/C35H29BrN4O6S/c1-5-46-34(43)29-20(2)37-35-40(31(29)21-11-13-22(14-12-21)33(42)45-4)32(41)28(47-35)18-24-19-39(25-9-7-6-8-10-25)38-30(24)23-15-16-27(44-3)26(36)17-23/h6-19,31H,5H2,1-4H3. The van der Waals surface area contributed by atoms with Crippen molar-refractivity contribution >= 4 is 45.3 Å². The first-order valence-electron chi connectivity index (χ1n) is 14.6. The number of allylic oxidation sites excluding steroid dienone is 1. The van der Waals surface area contributed by atoms with Gasteiger partial charge in [-0.25, -0.2) is 19.3 Å². The number of hydrogen-bond acceptors (Lipinski definition) is 9. The summed E-state index contributed by atoms with van der Waals surface area (Å²) in [5.41, 5.74) is 4.34. The van der Waals surface area contributed by atoms with Gasteiger partial charge in [0.25, 0.3) is 5.56 Å². The molecular formula is C35H29BrN4O6S. The van der Waals surface area contributed by atoms with E-state index in [9.17, 15) is 14.4 Å². The Balaban J connectivity index is 1.55. The third-order valence-corrected chi connectivity index (χ3v) is 9.24. The van der Waals surface area contributed by atoms with Crippen LogP contribution in [0.1, 0.15) is 41.4 Å². The number of ether oxygens (including phenoxy) is 3. The highest BCUT2D eigenvalue weighted by atomic mass is 79.9. The van der Waals surface area contributed by atoms with Gasteiger partial charge in [0.2, 0.25) is 0 Å². The molecule has 0 saturated heterocycles. The zero-order valence-corrected chi connectivity index (χ0v) is 28.3. The third-order valence-electron chi connectivity index (χ3n) is 7.64. The van der Waals surface area contributed by atoms with Crippen molar-refractivity contribution in [2.45, 2.75) is 19.9 Å². The number of hydrogen-bond donors (Lipinski definition) is 0. The molecule has 1 aliphatic rings. The molecule has 1 atom stereocenters. The maximum absolute atomic E-state index is 14.3. The van der Waals surface area contributed by atoms with Crippen LogP contribution in [0, 0.1) is 0 Å². The summed E-state index contributed by atoms with van der Waals surface area (Å²) in [4.78, 5) is 44.8. The van der Waals surface area contributed by atoms with E-state index in [0.29, 0.717) is 43.2 Å². The average Bonchev–Trinajstić information content (AvgIpc) is 3.64. The summed E-state index contributed by atoms with van der Waals surface area (Å²) in [6.07, 6.45) is 3.67. The Bertz CT molecular complexity index is 2220. The van der Waals surface area contributed by atoms with Crippen molar-refractivity contribution in [3.8, 4) is 22.7 Å². The van der Waals surface area contributed by atoms with Crippen LogP contribution in [0.25, 0.3) is 23.0 Å². The van der Waals surface area contributed by atoms with Crippen molar-refractivity contribution in [1.82, 2.24) is 14.3 Å². The normalized spacial score (nSPS) is 14.4.